The number of hydrogen-bond acceptors (Lipinski definition) is 3. The summed E-state index contributed by atoms with van der Waals surface area (Å²) in [4.78, 5) is 5.67. The minimum atomic E-state index is -0.131. The molecule has 2 aliphatic carbocycles. The van der Waals surface area contributed by atoms with Crippen molar-refractivity contribution in [1.29, 1.82) is 0 Å². The highest BCUT2D eigenvalue weighted by Crippen LogP contribution is 2.63. The fourth-order valence-electron chi connectivity index (χ4n) is 16.2. The lowest BCUT2D eigenvalue weighted by Gasteiger charge is -2.53. The van der Waals surface area contributed by atoms with Crippen molar-refractivity contribution in [2.45, 2.75) is 154 Å². The smallest absolute Gasteiger partial charge is 0.252 e. The molecule has 0 bridgehead atoms. The van der Waals surface area contributed by atoms with Crippen LogP contribution in [-0.4, -0.2) is 12.3 Å². The average molecular weight is 1100 g/mol. The predicted octanol–water partition coefficient (Wildman–Crippen LogP) is 19.8. The predicted molar refractivity (Wildman–Crippen MR) is 359 cm³/mol. The molecule has 0 saturated heterocycles. The first-order chi connectivity index (χ1) is 40.1. The van der Waals surface area contributed by atoms with Gasteiger partial charge in [0.15, 0.2) is 0 Å². The third-order valence-electron chi connectivity index (χ3n) is 21.4. The molecule has 1 fully saturated rings. The standard InChI is InChI=1S/C80H79BN2O/c1-75(2,3)55-35-33-53(34-36-55)60(59-30-23-29-58-57-28-19-20-31-71(57)84-74(58)59)42-50-32-37-65-68(43-50)82(67-49-63-62(77(7,8)40-41-78(63,9)10)48-61(67)52-26-17-14-18-27-52)69-44-54(51-24-15-13-16-25-51)45-70-72(69)81(65)66-47-56(76(4,5)6)46-64-73(66)83(70)80(12)39-22-21-38-79(64,80)11/h13-20,23-37,42-49H,21-22,38-41H2,1-12H3/b60-42-. The number of furan rings is 1. The van der Waals surface area contributed by atoms with Gasteiger partial charge in [0.05, 0.1) is 11.2 Å². The molecule has 4 heteroatoms. The van der Waals surface area contributed by atoms with Crippen molar-refractivity contribution in [2.24, 2.45) is 0 Å². The maximum absolute atomic E-state index is 6.92. The highest BCUT2D eigenvalue weighted by atomic mass is 16.3. The number of anilines is 5. The van der Waals surface area contributed by atoms with Crippen molar-refractivity contribution >= 4 is 85.1 Å². The van der Waals surface area contributed by atoms with Crippen LogP contribution in [0.5, 0.6) is 0 Å². The average Bonchev–Trinajstić information content (AvgIpc) is 1.43. The molecule has 0 N–H and O–H groups in total. The second kappa shape index (κ2) is 18.3. The molecule has 0 amide bonds. The van der Waals surface area contributed by atoms with Crippen molar-refractivity contribution in [3.8, 4) is 22.3 Å². The van der Waals surface area contributed by atoms with Crippen LogP contribution in [-0.2, 0) is 27.1 Å². The van der Waals surface area contributed by atoms with Gasteiger partial charge in [-0.05, 0) is 174 Å². The Kier molecular flexibility index (Phi) is 11.6. The highest BCUT2D eigenvalue weighted by Gasteiger charge is 2.62. The van der Waals surface area contributed by atoms with E-state index in [1.807, 2.05) is 0 Å². The molecule has 2 atom stereocenters. The zero-order valence-corrected chi connectivity index (χ0v) is 51.5. The Bertz CT molecular complexity index is 4370. The van der Waals surface area contributed by atoms with E-state index in [9.17, 15) is 0 Å². The molecule has 15 rings (SSSR count). The molecule has 9 aromatic carbocycles. The molecule has 418 valence electrons. The van der Waals surface area contributed by atoms with Crippen LogP contribution in [0.25, 0.3) is 55.8 Å². The Morgan fingerprint density at radius 1 is 0.500 bits per heavy atom. The Morgan fingerprint density at radius 2 is 1.14 bits per heavy atom. The molecule has 1 aromatic heterocycles. The summed E-state index contributed by atoms with van der Waals surface area (Å²) >= 11 is 0. The number of nitrogens with zero attached hydrogens (tertiary/aromatic N) is 2. The van der Waals surface area contributed by atoms with Gasteiger partial charge in [0.1, 0.15) is 11.2 Å². The van der Waals surface area contributed by atoms with E-state index in [0.29, 0.717) is 0 Å². The summed E-state index contributed by atoms with van der Waals surface area (Å²) in [7, 11) is 0. The van der Waals surface area contributed by atoms with Crippen molar-refractivity contribution in [1.82, 2.24) is 0 Å². The first-order valence-corrected chi connectivity index (χ1v) is 31.3. The summed E-state index contributed by atoms with van der Waals surface area (Å²) in [5.41, 5.74) is 29.0. The third-order valence-corrected chi connectivity index (χ3v) is 21.4. The molecule has 0 spiro atoms. The SMILES string of the molecule is CC(C)(C)c1ccc(/C(=C/c2ccc3c(c2)N(c2cc4c(cc2-c2ccccc2)C(C)(C)CCC4(C)C)c2cc(-c4ccccc4)cc4c2B3c2cc(C(C)(C)C)cc3c2N4C2(C)CCCCC32C)c2cccc3c2oc2ccccc23)cc1. The fraction of sp³-hybridized carbons (Fsp3) is 0.300. The van der Waals surface area contributed by atoms with E-state index in [2.05, 4.69) is 281 Å². The summed E-state index contributed by atoms with van der Waals surface area (Å²) < 4.78 is 6.92. The van der Waals surface area contributed by atoms with Crippen molar-refractivity contribution < 1.29 is 4.42 Å². The van der Waals surface area contributed by atoms with E-state index < -0.39 is 0 Å². The molecule has 84 heavy (non-hydrogen) atoms. The van der Waals surface area contributed by atoms with Gasteiger partial charge >= 0.3 is 0 Å². The van der Waals surface area contributed by atoms with Gasteiger partial charge in [0, 0.05) is 50.1 Å². The molecule has 3 aliphatic heterocycles. The summed E-state index contributed by atoms with van der Waals surface area (Å²) in [5, 5.41) is 2.26. The number of fused-ring (bicyclic) bond motifs is 11. The first-order valence-electron chi connectivity index (χ1n) is 31.3. The van der Waals surface area contributed by atoms with Crippen molar-refractivity contribution in [3.05, 3.63) is 226 Å². The van der Waals surface area contributed by atoms with Gasteiger partial charge in [-0.15, -0.1) is 0 Å². The van der Waals surface area contributed by atoms with Crippen molar-refractivity contribution in [2.75, 3.05) is 9.80 Å². The molecule has 2 unspecified atom stereocenters. The molecule has 1 saturated carbocycles. The number of rotatable bonds is 6. The lowest BCUT2D eigenvalue weighted by atomic mass is 9.33. The fourth-order valence-corrected chi connectivity index (χ4v) is 16.2. The van der Waals surface area contributed by atoms with Crippen LogP contribution < -0.4 is 26.2 Å². The van der Waals surface area contributed by atoms with Gasteiger partial charge in [-0.2, -0.15) is 0 Å². The van der Waals surface area contributed by atoms with Gasteiger partial charge in [-0.1, -0.05) is 235 Å². The second-order valence-electron chi connectivity index (χ2n) is 29.5. The molecular formula is C80H79BN2O. The molecule has 0 radical (unpaired) electrons. The van der Waals surface area contributed by atoms with Gasteiger partial charge < -0.3 is 14.2 Å². The Morgan fingerprint density at radius 3 is 1.86 bits per heavy atom. The lowest BCUT2D eigenvalue weighted by Crippen LogP contribution is -2.64. The maximum atomic E-state index is 6.92. The molecule has 3 nitrogen and oxygen atoms in total. The van der Waals surface area contributed by atoms with E-state index in [1.165, 1.54) is 109 Å². The summed E-state index contributed by atoms with van der Waals surface area (Å²) in [6.07, 6.45) is 9.52. The molecular weight excluding hydrogens is 1020 g/mol. The van der Waals surface area contributed by atoms with Crippen LogP contribution in [0.1, 0.15) is 166 Å². The first kappa shape index (κ1) is 52.9. The minimum Gasteiger partial charge on any atom is -0.455 e. The van der Waals surface area contributed by atoms with E-state index >= 15 is 0 Å². The molecule has 5 aliphatic rings. The summed E-state index contributed by atoms with van der Waals surface area (Å²) in [6.45, 7) is 29.3. The molecule has 4 heterocycles. The van der Waals surface area contributed by atoms with Crippen LogP contribution in [0, 0.1) is 0 Å². The van der Waals surface area contributed by atoms with Gasteiger partial charge in [0.2, 0.25) is 0 Å². The van der Waals surface area contributed by atoms with E-state index in [1.54, 1.807) is 5.56 Å². The van der Waals surface area contributed by atoms with Crippen LogP contribution >= 0.6 is 0 Å². The third kappa shape index (κ3) is 7.84. The second-order valence-corrected chi connectivity index (χ2v) is 29.5. The van der Waals surface area contributed by atoms with Crippen LogP contribution in [0.4, 0.5) is 28.4 Å². The lowest BCUT2D eigenvalue weighted by molar-refractivity contribution is 0.195. The van der Waals surface area contributed by atoms with E-state index in [0.717, 1.165) is 63.5 Å². The quantitative estimate of drug-likeness (QED) is 0.122. The van der Waals surface area contributed by atoms with E-state index in [4.69, 9.17) is 4.42 Å². The van der Waals surface area contributed by atoms with Crippen LogP contribution in [0.2, 0.25) is 0 Å². The zero-order valence-electron chi connectivity index (χ0n) is 51.5. The Labute approximate surface area is 499 Å². The number of hydrogen-bond donors (Lipinski definition) is 0. The Hall–Kier alpha value is -7.82. The Balaban J connectivity index is 1.08. The largest absolute Gasteiger partial charge is 0.455 e. The van der Waals surface area contributed by atoms with Gasteiger partial charge in [-0.25, -0.2) is 0 Å². The van der Waals surface area contributed by atoms with Gasteiger partial charge in [0.25, 0.3) is 6.71 Å². The highest BCUT2D eigenvalue weighted by molar-refractivity contribution is 7.00. The maximum Gasteiger partial charge on any atom is 0.252 e. The number of benzene rings is 9. The summed E-state index contributed by atoms with van der Waals surface area (Å²) in [6, 6.07) is 70.3. The monoisotopic (exact) mass is 1090 g/mol. The zero-order chi connectivity index (χ0) is 58.0. The van der Waals surface area contributed by atoms with Crippen LogP contribution in [0.3, 0.4) is 0 Å². The minimum absolute atomic E-state index is 0.00992. The summed E-state index contributed by atoms with van der Waals surface area (Å²) in [5.74, 6) is 0. The normalized spacial score (nSPS) is 20.1. The molecule has 10 aromatic rings. The topological polar surface area (TPSA) is 19.6 Å². The number of para-hydroxylation sites is 2. The van der Waals surface area contributed by atoms with Crippen molar-refractivity contribution in [3.63, 3.8) is 0 Å². The van der Waals surface area contributed by atoms with Crippen LogP contribution in [0.15, 0.2) is 186 Å². The van der Waals surface area contributed by atoms with E-state index in [-0.39, 0.29) is 39.3 Å². The van der Waals surface area contributed by atoms with Gasteiger partial charge in [-0.3, -0.25) is 0 Å².